The van der Waals surface area contributed by atoms with Crippen molar-refractivity contribution in [2.24, 2.45) is 0 Å². The van der Waals surface area contributed by atoms with Gasteiger partial charge in [0.1, 0.15) is 23.0 Å². The van der Waals surface area contributed by atoms with Crippen LogP contribution in [0, 0.1) is 13.8 Å². The van der Waals surface area contributed by atoms with Crippen LogP contribution in [0.2, 0.25) is 0 Å². The molecule has 0 aromatic heterocycles. The molecule has 0 aliphatic rings. The molecule has 0 bridgehead atoms. The summed E-state index contributed by atoms with van der Waals surface area (Å²) in [6, 6.07) is 2.71. The molecular weight excluding hydrogens is 324 g/mol. The number of benzene rings is 2. The third-order valence-electron chi connectivity index (χ3n) is 4.32. The highest BCUT2D eigenvalue weighted by Crippen LogP contribution is 2.39. The molecule has 0 amide bonds. The fourth-order valence-electron chi connectivity index (χ4n) is 2.74. The Balaban J connectivity index is 2.65. The Bertz CT molecular complexity index is 822. The second-order valence-electron chi connectivity index (χ2n) is 6.10. The molecule has 25 heavy (non-hydrogen) atoms. The number of phenolic OH excluding ortho intramolecular Hbond substituents is 4. The summed E-state index contributed by atoms with van der Waals surface area (Å²) in [5.41, 5.74) is 1.07. The SMILES string of the molecule is CC(=O)c1cc(Cc2cc(C(C)=O)c(O)c(C)c2O)c(O)c(C)c1O. The number of ketones is 2. The van der Waals surface area contributed by atoms with Crippen LogP contribution in [0.3, 0.4) is 0 Å². The van der Waals surface area contributed by atoms with Crippen LogP contribution >= 0.6 is 0 Å². The first-order valence-electron chi connectivity index (χ1n) is 7.66. The van der Waals surface area contributed by atoms with Gasteiger partial charge >= 0.3 is 0 Å². The monoisotopic (exact) mass is 344 g/mol. The maximum absolute atomic E-state index is 11.7. The maximum Gasteiger partial charge on any atom is 0.163 e. The van der Waals surface area contributed by atoms with Crippen molar-refractivity contribution in [3.05, 3.63) is 45.5 Å². The van der Waals surface area contributed by atoms with E-state index in [0.717, 1.165) is 0 Å². The minimum atomic E-state index is -0.364. The van der Waals surface area contributed by atoms with Crippen molar-refractivity contribution in [3.63, 3.8) is 0 Å². The number of carbonyl (C=O) groups is 2. The Labute approximate surface area is 145 Å². The molecule has 0 aliphatic heterocycles. The van der Waals surface area contributed by atoms with Gasteiger partial charge in [-0.05, 0) is 51.0 Å². The Morgan fingerprint density at radius 3 is 1.32 bits per heavy atom. The number of Topliss-reactive ketones (excluding diaryl/α,β-unsaturated/α-hetero) is 2. The van der Waals surface area contributed by atoms with E-state index in [4.69, 9.17) is 0 Å². The van der Waals surface area contributed by atoms with E-state index in [2.05, 4.69) is 0 Å². The van der Waals surface area contributed by atoms with E-state index >= 15 is 0 Å². The lowest BCUT2D eigenvalue weighted by Gasteiger charge is -2.15. The van der Waals surface area contributed by atoms with Crippen LogP contribution in [-0.4, -0.2) is 32.0 Å². The number of hydrogen-bond acceptors (Lipinski definition) is 6. The Kier molecular flexibility index (Phi) is 4.74. The lowest BCUT2D eigenvalue weighted by Crippen LogP contribution is -2.02. The predicted molar refractivity (Wildman–Crippen MR) is 91.8 cm³/mol. The molecule has 2 aromatic carbocycles. The first-order valence-corrected chi connectivity index (χ1v) is 7.66. The van der Waals surface area contributed by atoms with Gasteiger partial charge in [-0.25, -0.2) is 0 Å². The third-order valence-corrected chi connectivity index (χ3v) is 4.32. The van der Waals surface area contributed by atoms with Gasteiger partial charge in [0.05, 0.1) is 11.1 Å². The molecule has 0 unspecified atom stereocenters. The van der Waals surface area contributed by atoms with E-state index < -0.39 is 0 Å². The largest absolute Gasteiger partial charge is 0.507 e. The molecule has 0 fully saturated rings. The Hall–Kier alpha value is -3.02. The highest BCUT2D eigenvalue weighted by molar-refractivity contribution is 5.98. The fraction of sp³-hybridized carbons (Fsp3) is 0.263. The van der Waals surface area contributed by atoms with Gasteiger partial charge in [0.15, 0.2) is 11.6 Å². The van der Waals surface area contributed by atoms with Gasteiger partial charge in [-0.1, -0.05) is 0 Å². The lowest BCUT2D eigenvalue weighted by atomic mass is 9.93. The number of carbonyl (C=O) groups excluding carboxylic acids is 2. The quantitative estimate of drug-likeness (QED) is 0.634. The standard InChI is InChI=1S/C19H20O6/c1-8-16(22)12(6-14(10(3)20)18(8)24)5-13-7-15(11(4)21)19(25)9(2)17(13)23/h6-7,22-25H,5H2,1-4H3. The van der Waals surface area contributed by atoms with Crippen molar-refractivity contribution in [2.45, 2.75) is 34.1 Å². The van der Waals surface area contributed by atoms with Crippen molar-refractivity contribution in [1.29, 1.82) is 0 Å². The Morgan fingerprint density at radius 1 is 0.720 bits per heavy atom. The maximum atomic E-state index is 11.7. The zero-order chi connectivity index (χ0) is 19.0. The minimum Gasteiger partial charge on any atom is -0.507 e. The molecule has 0 saturated heterocycles. The first-order chi connectivity index (χ1) is 11.6. The summed E-state index contributed by atoms with van der Waals surface area (Å²) in [6.07, 6.45) is 0.0144. The molecule has 132 valence electrons. The average Bonchev–Trinajstić information content (AvgIpc) is 2.54. The zero-order valence-electron chi connectivity index (χ0n) is 14.5. The van der Waals surface area contributed by atoms with E-state index in [9.17, 15) is 30.0 Å². The van der Waals surface area contributed by atoms with Gasteiger partial charge in [0.25, 0.3) is 0 Å². The molecule has 0 saturated carbocycles. The highest BCUT2D eigenvalue weighted by Gasteiger charge is 2.21. The van der Waals surface area contributed by atoms with Gasteiger partial charge in [-0.15, -0.1) is 0 Å². The molecule has 2 aromatic rings. The normalized spacial score (nSPS) is 10.7. The van der Waals surface area contributed by atoms with Gasteiger partial charge in [-0.2, -0.15) is 0 Å². The molecule has 0 aliphatic carbocycles. The van der Waals surface area contributed by atoms with Gasteiger partial charge in [-0.3, -0.25) is 9.59 Å². The molecule has 4 N–H and O–H groups in total. The van der Waals surface area contributed by atoms with Crippen LogP contribution in [-0.2, 0) is 6.42 Å². The van der Waals surface area contributed by atoms with Gasteiger partial charge in [0, 0.05) is 17.5 Å². The second kappa shape index (κ2) is 6.47. The van der Waals surface area contributed by atoms with Crippen LogP contribution in [0.4, 0.5) is 0 Å². The summed E-state index contributed by atoms with van der Waals surface area (Å²) < 4.78 is 0. The molecule has 6 heteroatoms. The van der Waals surface area contributed by atoms with Crippen LogP contribution in [0.1, 0.15) is 56.8 Å². The summed E-state index contributed by atoms with van der Waals surface area (Å²) >= 11 is 0. The topological polar surface area (TPSA) is 115 Å². The first kappa shape index (κ1) is 18.3. The fourth-order valence-corrected chi connectivity index (χ4v) is 2.74. The van der Waals surface area contributed by atoms with E-state index in [1.54, 1.807) is 0 Å². The van der Waals surface area contributed by atoms with E-state index in [1.165, 1.54) is 39.8 Å². The summed E-state index contributed by atoms with van der Waals surface area (Å²) in [6.45, 7) is 5.55. The number of rotatable bonds is 4. The molecule has 0 radical (unpaired) electrons. The number of phenols is 4. The zero-order valence-corrected chi connectivity index (χ0v) is 14.5. The van der Waals surface area contributed by atoms with Gasteiger partial charge in [0.2, 0.25) is 0 Å². The smallest absolute Gasteiger partial charge is 0.163 e. The molecular formula is C19H20O6. The minimum absolute atomic E-state index is 0.0144. The van der Waals surface area contributed by atoms with Crippen molar-refractivity contribution in [1.82, 2.24) is 0 Å². The van der Waals surface area contributed by atoms with E-state index in [0.29, 0.717) is 11.1 Å². The molecule has 2 rings (SSSR count). The molecule has 0 atom stereocenters. The summed E-state index contributed by atoms with van der Waals surface area (Å²) in [7, 11) is 0. The second-order valence-corrected chi connectivity index (χ2v) is 6.10. The highest BCUT2D eigenvalue weighted by atomic mass is 16.3. The van der Waals surface area contributed by atoms with Crippen LogP contribution in [0.25, 0.3) is 0 Å². The summed E-state index contributed by atoms with van der Waals surface area (Å²) in [5, 5.41) is 40.5. The Morgan fingerprint density at radius 2 is 1.04 bits per heavy atom. The average molecular weight is 344 g/mol. The molecule has 0 spiro atoms. The molecule has 6 nitrogen and oxygen atoms in total. The van der Waals surface area contributed by atoms with Crippen LogP contribution in [0.5, 0.6) is 23.0 Å². The van der Waals surface area contributed by atoms with Gasteiger partial charge < -0.3 is 20.4 Å². The lowest BCUT2D eigenvalue weighted by molar-refractivity contribution is 0.100. The van der Waals surface area contributed by atoms with Crippen LogP contribution in [0.15, 0.2) is 12.1 Å². The van der Waals surface area contributed by atoms with Crippen molar-refractivity contribution >= 4 is 11.6 Å². The van der Waals surface area contributed by atoms with Crippen molar-refractivity contribution < 1.29 is 30.0 Å². The summed E-state index contributed by atoms with van der Waals surface area (Å²) in [4.78, 5) is 23.3. The number of aromatic hydroxyl groups is 4. The van der Waals surface area contributed by atoms with E-state index in [-0.39, 0.29) is 63.2 Å². The van der Waals surface area contributed by atoms with Crippen molar-refractivity contribution in [3.8, 4) is 23.0 Å². The van der Waals surface area contributed by atoms with Crippen molar-refractivity contribution in [2.75, 3.05) is 0 Å². The number of hydrogen-bond donors (Lipinski definition) is 4. The van der Waals surface area contributed by atoms with Crippen LogP contribution < -0.4 is 0 Å². The summed E-state index contributed by atoms with van der Waals surface area (Å²) in [5.74, 6) is -1.70. The third kappa shape index (κ3) is 3.15. The van der Waals surface area contributed by atoms with E-state index in [1.807, 2.05) is 0 Å². The molecule has 0 heterocycles. The predicted octanol–water partition coefficient (Wildman–Crippen LogP) is 3.12.